The fourth-order valence-electron chi connectivity index (χ4n) is 2.60. The predicted octanol–water partition coefficient (Wildman–Crippen LogP) is 3.98. The molecule has 1 aliphatic rings. The van der Waals surface area contributed by atoms with Crippen molar-refractivity contribution < 1.29 is 24.2 Å². The molecule has 1 heterocycles. The first-order valence-electron chi connectivity index (χ1n) is 8.36. The summed E-state index contributed by atoms with van der Waals surface area (Å²) in [5.74, 6) is -0.316. The Hall–Kier alpha value is -2.84. The number of carbonyl (C=O) groups excluding carboxylic acids is 2. The topological polar surface area (TPSA) is 76.1 Å². The molecule has 0 aliphatic carbocycles. The number of aromatic hydroxyl groups is 1. The van der Waals surface area contributed by atoms with Gasteiger partial charge in [0.25, 0.3) is 5.91 Å². The first-order valence-corrected chi connectivity index (χ1v) is 9.59. The monoisotopic (exact) mass is 415 g/mol. The van der Waals surface area contributed by atoms with E-state index >= 15 is 0 Å². The number of phenols is 1. The minimum absolute atomic E-state index is 0.0391. The van der Waals surface area contributed by atoms with Gasteiger partial charge in [0.1, 0.15) is 0 Å². The van der Waals surface area contributed by atoms with Gasteiger partial charge in [0.2, 0.25) is 0 Å². The molecule has 1 N–H and O–H groups in total. The molecule has 0 aromatic heterocycles. The van der Waals surface area contributed by atoms with Gasteiger partial charge in [-0.2, -0.15) is 0 Å². The van der Waals surface area contributed by atoms with Crippen molar-refractivity contribution in [3.8, 4) is 11.5 Å². The van der Waals surface area contributed by atoms with E-state index in [9.17, 15) is 14.7 Å². The zero-order chi connectivity index (χ0) is 20.3. The molecule has 2 aromatic carbocycles. The molecule has 0 spiro atoms. The van der Waals surface area contributed by atoms with Crippen molar-refractivity contribution in [1.82, 2.24) is 0 Å². The van der Waals surface area contributed by atoms with Crippen LogP contribution in [-0.2, 0) is 9.53 Å². The maximum absolute atomic E-state index is 12.9. The van der Waals surface area contributed by atoms with Gasteiger partial charge in [-0.05, 0) is 55.0 Å². The maximum atomic E-state index is 12.9. The van der Waals surface area contributed by atoms with E-state index in [2.05, 4.69) is 4.74 Å². The second-order valence-corrected chi connectivity index (χ2v) is 7.39. The van der Waals surface area contributed by atoms with Gasteiger partial charge in [-0.25, -0.2) is 4.79 Å². The number of ether oxygens (including phenoxy) is 2. The first kappa shape index (κ1) is 19.9. The van der Waals surface area contributed by atoms with Gasteiger partial charge in [-0.3, -0.25) is 9.69 Å². The molecule has 0 radical (unpaired) electrons. The van der Waals surface area contributed by atoms with E-state index < -0.39 is 5.97 Å². The average Bonchev–Trinajstić information content (AvgIpc) is 2.97. The van der Waals surface area contributed by atoms with Gasteiger partial charge in [0.15, 0.2) is 15.8 Å². The fourth-order valence-corrected chi connectivity index (χ4v) is 3.90. The van der Waals surface area contributed by atoms with Crippen molar-refractivity contribution in [1.29, 1.82) is 0 Å². The van der Waals surface area contributed by atoms with Crippen LogP contribution in [0, 0.1) is 0 Å². The number of hydrogen-bond donors (Lipinski definition) is 1. The zero-order valence-electron chi connectivity index (χ0n) is 15.2. The summed E-state index contributed by atoms with van der Waals surface area (Å²) in [5.41, 5.74) is 1.67. The number of hydrogen-bond acceptors (Lipinski definition) is 7. The summed E-state index contributed by atoms with van der Waals surface area (Å²) in [4.78, 5) is 26.3. The van der Waals surface area contributed by atoms with E-state index in [1.54, 1.807) is 42.5 Å². The zero-order valence-corrected chi connectivity index (χ0v) is 16.8. The van der Waals surface area contributed by atoms with Crippen LogP contribution in [0.5, 0.6) is 11.5 Å². The number of benzene rings is 2. The third-order valence-corrected chi connectivity index (χ3v) is 5.22. The standard InChI is InChI=1S/C20H17NO5S2/c1-3-26-16-10-12(4-9-15(16)22)11-17-18(23)21(20(27)28-17)14-7-5-13(6-8-14)19(24)25-2/h4-11,22H,3H2,1-2H3. The van der Waals surface area contributed by atoms with Crippen LogP contribution in [0.3, 0.4) is 0 Å². The summed E-state index contributed by atoms with van der Waals surface area (Å²) in [6.07, 6.45) is 1.70. The van der Waals surface area contributed by atoms with Crippen LogP contribution >= 0.6 is 24.0 Å². The molecule has 1 saturated heterocycles. The fraction of sp³-hybridized carbons (Fsp3) is 0.150. The Morgan fingerprint density at radius 1 is 1.25 bits per heavy atom. The van der Waals surface area contributed by atoms with E-state index in [0.717, 1.165) is 0 Å². The summed E-state index contributed by atoms with van der Waals surface area (Å²) < 4.78 is 10.4. The van der Waals surface area contributed by atoms with Gasteiger partial charge in [-0.1, -0.05) is 30.0 Å². The van der Waals surface area contributed by atoms with Crippen molar-refractivity contribution in [3.05, 3.63) is 58.5 Å². The Labute approximate surface area is 171 Å². The van der Waals surface area contributed by atoms with Crippen LogP contribution in [0.4, 0.5) is 5.69 Å². The molecule has 3 rings (SSSR count). The van der Waals surface area contributed by atoms with Gasteiger partial charge >= 0.3 is 5.97 Å². The number of nitrogens with zero attached hydrogens (tertiary/aromatic N) is 1. The van der Waals surface area contributed by atoms with Crippen LogP contribution in [0.2, 0.25) is 0 Å². The SMILES string of the molecule is CCOc1cc(C=C2SC(=S)N(c3ccc(C(=O)OC)cc3)C2=O)ccc1O. The lowest BCUT2D eigenvalue weighted by atomic mass is 10.1. The highest BCUT2D eigenvalue weighted by atomic mass is 32.2. The molecule has 0 saturated carbocycles. The van der Waals surface area contributed by atoms with Gasteiger partial charge in [0, 0.05) is 0 Å². The first-order chi connectivity index (χ1) is 13.4. The van der Waals surface area contributed by atoms with E-state index in [0.29, 0.717) is 38.4 Å². The third-order valence-electron chi connectivity index (χ3n) is 3.92. The predicted molar refractivity (Wildman–Crippen MR) is 113 cm³/mol. The number of thioether (sulfide) groups is 1. The number of esters is 1. The van der Waals surface area contributed by atoms with Gasteiger partial charge in [0.05, 0.1) is 29.9 Å². The molecule has 0 bridgehead atoms. The van der Waals surface area contributed by atoms with E-state index in [1.807, 2.05) is 6.92 Å². The highest BCUT2D eigenvalue weighted by Crippen LogP contribution is 2.37. The normalized spacial score (nSPS) is 15.2. The largest absolute Gasteiger partial charge is 0.504 e. The molecule has 1 aliphatic heterocycles. The Kier molecular flexibility index (Phi) is 6.01. The Bertz CT molecular complexity index is 969. The molecule has 6 nitrogen and oxygen atoms in total. The molecule has 0 unspecified atom stereocenters. The molecule has 28 heavy (non-hydrogen) atoms. The molecule has 1 fully saturated rings. The second kappa shape index (κ2) is 8.45. The van der Waals surface area contributed by atoms with E-state index in [4.69, 9.17) is 17.0 Å². The smallest absolute Gasteiger partial charge is 0.337 e. The molecule has 144 valence electrons. The summed E-state index contributed by atoms with van der Waals surface area (Å²) in [5, 5.41) is 9.81. The quantitative estimate of drug-likeness (QED) is 0.450. The minimum atomic E-state index is -0.450. The molecular formula is C20H17NO5S2. The second-order valence-electron chi connectivity index (χ2n) is 5.72. The van der Waals surface area contributed by atoms with Crippen LogP contribution in [-0.4, -0.2) is 35.0 Å². The number of methoxy groups -OCH3 is 1. The van der Waals surface area contributed by atoms with Crippen LogP contribution < -0.4 is 9.64 Å². The molecule has 1 amide bonds. The Morgan fingerprint density at radius 3 is 2.61 bits per heavy atom. The van der Waals surface area contributed by atoms with Crippen LogP contribution in [0.15, 0.2) is 47.4 Å². The van der Waals surface area contributed by atoms with Crippen molar-refractivity contribution in [3.63, 3.8) is 0 Å². The molecular weight excluding hydrogens is 398 g/mol. The lowest BCUT2D eigenvalue weighted by molar-refractivity contribution is -0.113. The number of amides is 1. The minimum Gasteiger partial charge on any atom is -0.504 e. The number of thiocarbonyl (C=S) groups is 1. The van der Waals surface area contributed by atoms with E-state index in [1.165, 1.54) is 29.8 Å². The van der Waals surface area contributed by atoms with Crippen LogP contribution in [0.25, 0.3) is 6.08 Å². The molecule has 0 atom stereocenters. The number of anilines is 1. The third kappa shape index (κ3) is 4.02. The van der Waals surface area contributed by atoms with Gasteiger partial charge in [-0.15, -0.1) is 0 Å². The number of rotatable bonds is 5. The molecule has 2 aromatic rings. The van der Waals surface area contributed by atoms with Gasteiger partial charge < -0.3 is 14.6 Å². The van der Waals surface area contributed by atoms with Crippen molar-refractivity contribution >= 4 is 51.9 Å². The number of carbonyl (C=O) groups is 2. The van der Waals surface area contributed by atoms with E-state index in [-0.39, 0.29) is 11.7 Å². The number of phenolic OH excluding ortho intramolecular Hbond substituents is 1. The molecule has 8 heteroatoms. The maximum Gasteiger partial charge on any atom is 0.337 e. The Balaban J connectivity index is 1.86. The van der Waals surface area contributed by atoms with Crippen molar-refractivity contribution in [2.24, 2.45) is 0 Å². The average molecular weight is 415 g/mol. The van der Waals surface area contributed by atoms with Crippen molar-refractivity contribution in [2.75, 3.05) is 18.6 Å². The lowest BCUT2D eigenvalue weighted by Crippen LogP contribution is -2.27. The summed E-state index contributed by atoms with van der Waals surface area (Å²) in [7, 11) is 1.31. The highest BCUT2D eigenvalue weighted by molar-refractivity contribution is 8.27. The summed E-state index contributed by atoms with van der Waals surface area (Å²) >= 11 is 6.54. The van der Waals surface area contributed by atoms with Crippen molar-refractivity contribution in [2.45, 2.75) is 6.92 Å². The lowest BCUT2D eigenvalue weighted by Gasteiger charge is -2.14. The Morgan fingerprint density at radius 2 is 1.96 bits per heavy atom. The highest BCUT2D eigenvalue weighted by Gasteiger charge is 2.33. The summed E-state index contributed by atoms with van der Waals surface area (Å²) in [6.45, 7) is 2.24. The summed E-state index contributed by atoms with van der Waals surface area (Å²) in [6, 6.07) is 11.3. The van der Waals surface area contributed by atoms with Crippen LogP contribution in [0.1, 0.15) is 22.8 Å².